The molecule has 0 fully saturated rings. The average Bonchev–Trinajstić information content (AvgIpc) is 3.60. The summed E-state index contributed by atoms with van der Waals surface area (Å²) >= 11 is 0. The number of unbranched alkanes of at least 4 members (excludes halogenated alkanes) is 3. The zero-order valence-corrected chi connectivity index (χ0v) is 28.6. The van der Waals surface area contributed by atoms with Gasteiger partial charge < -0.3 is 30.3 Å². The fourth-order valence-electron chi connectivity index (χ4n) is 6.96. The van der Waals surface area contributed by atoms with Gasteiger partial charge in [0, 0.05) is 85.4 Å². The van der Waals surface area contributed by atoms with Crippen molar-refractivity contribution in [3.05, 3.63) is 94.6 Å². The lowest BCUT2D eigenvalue weighted by Gasteiger charge is -2.36. The van der Waals surface area contributed by atoms with Gasteiger partial charge in [0.05, 0.1) is 5.56 Å². The first-order chi connectivity index (χ1) is 25.0. The second-order valence-corrected chi connectivity index (χ2v) is 13.1. The third-order valence-corrected chi connectivity index (χ3v) is 9.63. The molecule has 0 aliphatic carbocycles. The number of Topliss-reactive ketones (excluding diaryl/α,β-unsaturated/α-hetero) is 1. The van der Waals surface area contributed by atoms with E-state index in [1.54, 1.807) is 18.2 Å². The van der Waals surface area contributed by atoms with Crippen molar-refractivity contribution >= 4 is 35.4 Å². The van der Waals surface area contributed by atoms with E-state index in [9.17, 15) is 39.0 Å². The zero-order valence-electron chi connectivity index (χ0n) is 28.6. The Morgan fingerprint density at radius 3 is 2.13 bits per heavy atom. The van der Waals surface area contributed by atoms with Crippen LogP contribution in [0.2, 0.25) is 0 Å². The standard InChI is InChI=1S/C39H39N3O10/c1-40-37(49)24(7-4-5-17-41-34(46)8-3-2-6-18-42-35(47)15-16-36(42)48)20-31(45)23-9-12-27-30(19-23)39(52-38(27)50)28-13-10-25(43)21-32(28)51-33-22-26(44)11-14-29(33)39/h9-16,19,21-22,24,43-44H,2-8,17-18,20H2,1H3,(H,40,49)(H,41,46). The first kappa shape index (κ1) is 35.8. The number of aromatic hydroxyl groups is 2. The highest BCUT2D eigenvalue weighted by atomic mass is 16.6. The monoisotopic (exact) mass is 709 g/mol. The van der Waals surface area contributed by atoms with Crippen LogP contribution >= 0.6 is 0 Å². The van der Waals surface area contributed by atoms with E-state index in [1.807, 2.05) is 0 Å². The summed E-state index contributed by atoms with van der Waals surface area (Å²) in [5, 5.41) is 25.9. The quantitative estimate of drug-likeness (QED) is 0.0764. The summed E-state index contributed by atoms with van der Waals surface area (Å²) in [6.45, 7) is 0.748. The Kier molecular flexibility index (Phi) is 10.4. The highest BCUT2D eigenvalue weighted by molar-refractivity contribution is 6.12. The number of imide groups is 1. The second kappa shape index (κ2) is 15.1. The molecule has 13 nitrogen and oxygen atoms in total. The Labute approximate surface area is 299 Å². The number of phenolic OH excluding ortho intramolecular Hbond substituents is 2. The van der Waals surface area contributed by atoms with Gasteiger partial charge in [0.2, 0.25) is 11.8 Å². The molecule has 1 unspecified atom stereocenters. The van der Waals surface area contributed by atoms with Gasteiger partial charge in [-0.1, -0.05) is 18.9 Å². The number of carbonyl (C=O) groups excluding carboxylic acids is 6. The van der Waals surface area contributed by atoms with Crippen LogP contribution in [0.5, 0.6) is 23.0 Å². The maximum absolute atomic E-state index is 13.7. The predicted molar refractivity (Wildman–Crippen MR) is 186 cm³/mol. The Hall–Kier alpha value is -5.98. The summed E-state index contributed by atoms with van der Waals surface area (Å²) in [5.74, 6) is -2.28. The number of rotatable bonds is 15. The number of phenols is 2. The lowest BCUT2D eigenvalue weighted by molar-refractivity contribution is -0.137. The molecular formula is C39H39N3O10. The number of nitrogens with one attached hydrogen (secondary N) is 2. The molecule has 4 N–H and O–H groups in total. The summed E-state index contributed by atoms with van der Waals surface area (Å²) in [5.41, 5.74) is 0.257. The largest absolute Gasteiger partial charge is 0.508 e. The molecule has 0 saturated carbocycles. The van der Waals surface area contributed by atoms with Crippen molar-refractivity contribution < 1.29 is 48.5 Å². The third kappa shape index (κ3) is 7.11. The first-order valence-electron chi connectivity index (χ1n) is 17.3. The first-order valence-corrected chi connectivity index (χ1v) is 17.3. The normalized spacial score (nSPS) is 15.4. The Balaban J connectivity index is 1.06. The van der Waals surface area contributed by atoms with Gasteiger partial charge in [-0.05, 0) is 62.1 Å². The van der Waals surface area contributed by atoms with E-state index in [2.05, 4.69) is 10.6 Å². The molecule has 13 heteroatoms. The van der Waals surface area contributed by atoms with E-state index in [-0.39, 0.29) is 70.0 Å². The molecule has 1 atom stereocenters. The summed E-state index contributed by atoms with van der Waals surface area (Å²) < 4.78 is 12.1. The number of carbonyl (C=O) groups is 6. The van der Waals surface area contributed by atoms with Gasteiger partial charge in [-0.15, -0.1) is 0 Å². The number of benzene rings is 3. The van der Waals surface area contributed by atoms with Crippen LogP contribution in [0.4, 0.5) is 0 Å². The van der Waals surface area contributed by atoms with Crippen molar-refractivity contribution in [2.75, 3.05) is 20.1 Å². The van der Waals surface area contributed by atoms with E-state index in [0.717, 1.165) is 0 Å². The Bertz CT molecular complexity index is 1920. The maximum Gasteiger partial charge on any atom is 0.340 e. The molecule has 3 aliphatic heterocycles. The lowest BCUT2D eigenvalue weighted by atomic mass is 9.77. The zero-order chi connectivity index (χ0) is 37.0. The van der Waals surface area contributed by atoms with Crippen molar-refractivity contribution in [3.63, 3.8) is 0 Å². The van der Waals surface area contributed by atoms with Crippen LogP contribution in [0.15, 0.2) is 66.7 Å². The molecule has 4 amide bonds. The molecule has 3 aromatic rings. The van der Waals surface area contributed by atoms with E-state index >= 15 is 0 Å². The van der Waals surface area contributed by atoms with Crippen LogP contribution in [0.25, 0.3) is 0 Å². The van der Waals surface area contributed by atoms with Gasteiger partial charge in [0.25, 0.3) is 11.8 Å². The van der Waals surface area contributed by atoms with Gasteiger partial charge >= 0.3 is 5.97 Å². The molecule has 6 rings (SSSR count). The van der Waals surface area contributed by atoms with E-state index in [1.165, 1.54) is 60.5 Å². The molecule has 3 aliphatic rings. The van der Waals surface area contributed by atoms with Gasteiger partial charge in [0.15, 0.2) is 11.4 Å². The van der Waals surface area contributed by atoms with Crippen molar-refractivity contribution in [1.29, 1.82) is 0 Å². The van der Waals surface area contributed by atoms with E-state index < -0.39 is 17.5 Å². The molecular weight excluding hydrogens is 670 g/mol. The number of nitrogens with zero attached hydrogens (tertiary/aromatic N) is 1. The number of ketones is 1. The van der Waals surface area contributed by atoms with Crippen molar-refractivity contribution in [3.8, 4) is 23.0 Å². The number of fused-ring (bicyclic) bond motifs is 6. The van der Waals surface area contributed by atoms with Crippen molar-refractivity contribution in [2.24, 2.45) is 5.92 Å². The van der Waals surface area contributed by atoms with Gasteiger partial charge in [-0.2, -0.15) is 0 Å². The number of ether oxygens (including phenoxy) is 2. The number of amides is 4. The molecule has 0 bridgehead atoms. The predicted octanol–water partition coefficient (Wildman–Crippen LogP) is 4.37. The van der Waals surface area contributed by atoms with Crippen LogP contribution in [-0.2, 0) is 29.5 Å². The van der Waals surface area contributed by atoms with Gasteiger partial charge in [0.1, 0.15) is 23.0 Å². The van der Waals surface area contributed by atoms with Crippen LogP contribution < -0.4 is 15.4 Å². The van der Waals surface area contributed by atoms with Gasteiger partial charge in [-0.3, -0.25) is 28.9 Å². The van der Waals surface area contributed by atoms with E-state index in [4.69, 9.17) is 9.47 Å². The maximum atomic E-state index is 13.7. The number of hydrogen-bond donors (Lipinski definition) is 4. The minimum Gasteiger partial charge on any atom is -0.508 e. The topological polar surface area (TPSA) is 189 Å². The van der Waals surface area contributed by atoms with Crippen LogP contribution in [0.1, 0.15) is 88.8 Å². The number of esters is 1. The van der Waals surface area contributed by atoms with Crippen molar-refractivity contribution in [2.45, 2.75) is 57.0 Å². The molecule has 1 spiro atoms. The molecule has 3 aromatic carbocycles. The van der Waals surface area contributed by atoms with Crippen LogP contribution in [0, 0.1) is 5.92 Å². The van der Waals surface area contributed by atoms with Crippen molar-refractivity contribution in [1.82, 2.24) is 15.5 Å². The minimum atomic E-state index is -1.52. The lowest BCUT2D eigenvalue weighted by Crippen LogP contribution is -2.33. The van der Waals surface area contributed by atoms with E-state index in [0.29, 0.717) is 74.7 Å². The molecule has 52 heavy (non-hydrogen) atoms. The second-order valence-electron chi connectivity index (χ2n) is 13.1. The summed E-state index contributed by atoms with van der Waals surface area (Å²) in [4.78, 5) is 76.6. The minimum absolute atomic E-state index is 0.0774. The average molecular weight is 710 g/mol. The number of hydrogen-bond acceptors (Lipinski definition) is 10. The smallest absolute Gasteiger partial charge is 0.340 e. The summed E-state index contributed by atoms with van der Waals surface area (Å²) in [7, 11) is 1.51. The van der Waals surface area contributed by atoms with Crippen LogP contribution in [0.3, 0.4) is 0 Å². The fraction of sp³-hybridized carbons (Fsp3) is 0.333. The molecule has 3 heterocycles. The Morgan fingerprint density at radius 2 is 1.48 bits per heavy atom. The highest BCUT2D eigenvalue weighted by Crippen LogP contribution is 2.57. The van der Waals surface area contributed by atoms with Gasteiger partial charge in [-0.25, -0.2) is 4.79 Å². The summed E-state index contributed by atoms with van der Waals surface area (Å²) in [6, 6.07) is 13.5. The Morgan fingerprint density at radius 1 is 0.808 bits per heavy atom. The summed E-state index contributed by atoms with van der Waals surface area (Å²) in [6.07, 6.45) is 6.28. The molecule has 0 radical (unpaired) electrons. The molecule has 0 saturated heterocycles. The third-order valence-electron chi connectivity index (χ3n) is 9.63. The fourth-order valence-corrected chi connectivity index (χ4v) is 6.96. The SMILES string of the molecule is CNC(=O)C(CCCCNC(=O)CCCCCN1C(=O)C=CC1=O)CC(=O)c1ccc2c(c1)C1(OC2=O)c2ccc(O)cc2Oc2cc(O)ccc21. The molecule has 0 aromatic heterocycles. The van der Waals surface area contributed by atoms with Crippen LogP contribution in [-0.4, -0.2) is 70.6 Å². The highest BCUT2D eigenvalue weighted by Gasteiger charge is 2.54. The molecule has 270 valence electrons.